The molecule has 0 spiro atoms. The van der Waals surface area contributed by atoms with Gasteiger partial charge >= 0.3 is 0 Å². The van der Waals surface area contributed by atoms with E-state index in [9.17, 15) is 22.8 Å². The number of nitrogens with zero attached hydrogens (tertiary/aromatic N) is 2. The van der Waals surface area contributed by atoms with Crippen molar-refractivity contribution >= 4 is 33.4 Å². The van der Waals surface area contributed by atoms with Gasteiger partial charge in [0.1, 0.15) is 5.54 Å². The molecule has 0 bridgehead atoms. The molecule has 28 heavy (non-hydrogen) atoms. The third kappa shape index (κ3) is 4.68. The van der Waals surface area contributed by atoms with Crippen LogP contribution in [0.5, 0.6) is 0 Å². The monoisotopic (exact) mass is 410 g/mol. The molecule has 1 saturated heterocycles. The van der Waals surface area contributed by atoms with Gasteiger partial charge in [-0.3, -0.25) is 14.4 Å². The number of carbonyl (C=O) groups excluding carboxylic acids is 3. The van der Waals surface area contributed by atoms with Gasteiger partial charge in [0, 0.05) is 19.3 Å². The fraction of sp³-hybridized carbons (Fsp3) is 0.500. The summed E-state index contributed by atoms with van der Waals surface area (Å²) in [5, 5.41) is 5.24. The van der Waals surface area contributed by atoms with Crippen LogP contribution in [-0.4, -0.2) is 73.8 Å². The molecule has 2 N–H and O–H groups in total. The molecule has 1 aromatic rings. The molecular weight excluding hydrogens is 384 g/mol. The van der Waals surface area contributed by atoms with Gasteiger partial charge < -0.3 is 15.5 Å². The summed E-state index contributed by atoms with van der Waals surface area (Å²) in [6.07, 6.45) is 0.988. The van der Waals surface area contributed by atoms with Crippen LogP contribution in [0, 0.1) is 13.8 Å². The van der Waals surface area contributed by atoms with E-state index in [2.05, 4.69) is 10.6 Å². The van der Waals surface area contributed by atoms with Gasteiger partial charge in [-0.25, -0.2) is 8.42 Å². The smallest absolute Gasteiger partial charge is 0.247 e. The minimum absolute atomic E-state index is 0.182. The standard InChI is InChI=1S/C18H26N4O5S/c1-12-6-7-13(2)14(8-12)20-15(23)9-19-17(25)18(3)11-22(28(5,26)27)10-16(24)21(18)4/h6-8H,9-11H2,1-5H3,(H,19,25)(H,20,23). The number of rotatable bonds is 5. The van der Waals surface area contributed by atoms with Crippen LogP contribution < -0.4 is 10.6 Å². The number of carbonyl (C=O) groups is 3. The number of aryl methyl sites for hydroxylation is 2. The average molecular weight is 410 g/mol. The first-order valence-corrected chi connectivity index (χ1v) is 10.6. The molecule has 1 atom stereocenters. The number of nitrogens with one attached hydrogen (secondary N) is 2. The quantitative estimate of drug-likeness (QED) is 0.700. The van der Waals surface area contributed by atoms with E-state index in [1.807, 2.05) is 32.0 Å². The van der Waals surface area contributed by atoms with Crippen molar-refractivity contribution in [3.63, 3.8) is 0 Å². The average Bonchev–Trinajstić information content (AvgIpc) is 2.59. The second-order valence-electron chi connectivity index (χ2n) is 7.31. The van der Waals surface area contributed by atoms with E-state index in [4.69, 9.17) is 0 Å². The zero-order valence-corrected chi connectivity index (χ0v) is 17.5. The normalized spacial score (nSPS) is 20.8. The molecule has 0 saturated carbocycles. The summed E-state index contributed by atoms with van der Waals surface area (Å²) in [6.45, 7) is 4.44. The van der Waals surface area contributed by atoms with E-state index >= 15 is 0 Å². The fourth-order valence-corrected chi connectivity index (χ4v) is 3.74. The summed E-state index contributed by atoms with van der Waals surface area (Å²) in [5.41, 5.74) is 1.11. The second kappa shape index (κ2) is 7.88. The fourth-order valence-electron chi connectivity index (χ4n) is 2.91. The number of likely N-dealkylation sites (N-methyl/N-ethyl adjacent to an activating group) is 1. The highest BCUT2D eigenvalue weighted by atomic mass is 32.2. The van der Waals surface area contributed by atoms with E-state index < -0.39 is 33.3 Å². The van der Waals surface area contributed by atoms with Crippen LogP contribution in [0.15, 0.2) is 18.2 Å². The molecule has 1 unspecified atom stereocenters. The Balaban J connectivity index is 2.07. The predicted molar refractivity (Wildman–Crippen MR) is 105 cm³/mol. The predicted octanol–water partition coefficient (Wildman–Crippen LogP) is -0.150. The van der Waals surface area contributed by atoms with Gasteiger partial charge in [-0.1, -0.05) is 12.1 Å². The van der Waals surface area contributed by atoms with Crippen molar-refractivity contribution in [1.29, 1.82) is 0 Å². The molecule has 3 amide bonds. The Kier molecular flexibility index (Phi) is 6.15. The number of amides is 3. The lowest BCUT2D eigenvalue weighted by Gasteiger charge is -2.44. The molecule has 1 aromatic carbocycles. The topological polar surface area (TPSA) is 116 Å². The Morgan fingerprint density at radius 2 is 1.89 bits per heavy atom. The molecule has 2 rings (SSSR count). The van der Waals surface area contributed by atoms with Crippen LogP contribution in [0.25, 0.3) is 0 Å². The third-order valence-electron chi connectivity index (χ3n) is 4.95. The molecule has 1 aliphatic heterocycles. The molecule has 154 valence electrons. The number of piperazine rings is 1. The first-order valence-electron chi connectivity index (χ1n) is 8.72. The molecule has 0 aliphatic carbocycles. The molecule has 1 heterocycles. The summed E-state index contributed by atoms with van der Waals surface area (Å²) in [6, 6.07) is 5.64. The molecule has 1 fully saturated rings. The maximum absolute atomic E-state index is 12.7. The zero-order valence-electron chi connectivity index (χ0n) is 16.7. The van der Waals surface area contributed by atoms with Crippen molar-refractivity contribution in [2.45, 2.75) is 26.3 Å². The number of hydrogen-bond acceptors (Lipinski definition) is 5. The lowest BCUT2D eigenvalue weighted by atomic mass is 9.96. The molecule has 9 nitrogen and oxygen atoms in total. The van der Waals surface area contributed by atoms with E-state index in [0.717, 1.165) is 21.7 Å². The van der Waals surface area contributed by atoms with Crippen LogP contribution in [0.4, 0.5) is 5.69 Å². The summed E-state index contributed by atoms with van der Waals surface area (Å²) < 4.78 is 24.6. The van der Waals surface area contributed by atoms with Gasteiger partial charge in [-0.05, 0) is 38.0 Å². The number of sulfonamides is 1. The van der Waals surface area contributed by atoms with Crippen LogP contribution in [0.1, 0.15) is 18.1 Å². The Morgan fingerprint density at radius 3 is 2.50 bits per heavy atom. The Morgan fingerprint density at radius 1 is 1.25 bits per heavy atom. The molecular formula is C18H26N4O5S. The second-order valence-corrected chi connectivity index (χ2v) is 9.29. The van der Waals surface area contributed by atoms with Crippen molar-refractivity contribution < 1.29 is 22.8 Å². The van der Waals surface area contributed by atoms with Crippen LogP contribution in [0.2, 0.25) is 0 Å². The number of anilines is 1. The first kappa shape index (κ1) is 21.8. The van der Waals surface area contributed by atoms with Gasteiger partial charge in [0.05, 0.1) is 19.3 Å². The van der Waals surface area contributed by atoms with Gasteiger partial charge in [-0.15, -0.1) is 0 Å². The van der Waals surface area contributed by atoms with Crippen molar-refractivity contribution in [3.8, 4) is 0 Å². The summed E-state index contributed by atoms with van der Waals surface area (Å²) in [5.74, 6) is -1.52. The minimum Gasteiger partial charge on any atom is -0.345 e. The summed E-state index contributed by atoms with van der Waals surface area (Å²) in [4.78, 5) is 38.3. The molecule has 10 heteroatoms. The highest BCUT2D eigenvalue weighted by molar-refractivity contribution is 7.88. The Hall–Kier alpha value is -2.46. The largest absolute Gasteiger partial charge is 0.345 e. The maximum Gasteiger partial charge on any atom is 0.247 e. The van der Waals surface area contributed by atoms with Crippen LogP contribution in [0.3, 0.4) is 0 Å². The van der Waals surface area contributed by atoms with Gasteiger partial charge in [0.25, 0.3) is 0 Å². The van der Waals surface area contributed by atoms with E-state index in [1.165, 1.54) is 18.9 Å². The number of hydrogen-bond donors (Lipinski definition) is 2. The third-order valence-corrected chi connectivity index (χ3v) is 6.14. The van der Waals surface area contributed by atoms with Crippen LogP contribution in [-0.2, 0) is 24.4 Å². The Bertz CT molecular complexity index is 915. The van der Waals surface area contributed by atoms with E-state index in [0.29, 0.717) is 5.69 Å². The molecule has 1 aliphatic rings. The summed E-state index contributed by atoms with van der Waals surface area (Å²) in [7, 11) is -2.20. The minimum atomic E-state index is -3.64. The SMILES string of the molecule is Cc1ccc(C)c(NC(=O)CNC(=O)C2(C)CN(S(C)(=O)=O)CC(=O)N2C)c1. The van der Waals surface area contributed by atoms with Crippen LogP contribution >= 0.6 is 0 Å². The molecule has 0 aromatic heterocycles. The lowest BCUT2D eigenvalue weighted by Crippen LogP contribution is -2.68. The highest BCUT2D eigenvalue weighted by Crippen LogP contribution is 2.23. The van der Waals surface area contributed by atoms with E-state index in [-0.39, 0.29) is 19.6 Å². The maximum atomic E-state index is 12.7. The zero-order chi connectivity index (χ0) is 21.3. The van der Waals surface area contributed by atoms with E-state index in [1.54, 1.807) is 0 Å². The lowest BCUT2D eigenvalue weighted by molar-refractivity contribution is -0.150. The van der Waals surface area contributed by atoms with Gasteiger partial charge in [0.2, 0.25) is 27.7 Å². The van der Waals surface area contributed by atoms with Gasteiger partial charge in [-0.2, -0.15) is 4.31 Å². The van der Waals surface area contributed by atoms with Crippen molar-refractivity contribution in [3.05, 3.63) is 29.3 Å². The summed E-state index contributed by atoms with van der Waals surface area (Å²) >= 11 is 0. The number of benzene rings is 1. The van der Waals surface area contributed by atoms with Gasteiger partial charge in [0.15, 0.2) is 0 Å². The van der Waals surface area contributed by atoms with Crippen molar-refractivity contribution in [2.24, 2.45) is 0 Å². The molecule has 0 radical (unpaired) electrons. The van der Waals surface area contributed by atoms with Crippen molar-refractivity contribution in [2.75, 3.05) is 38.3 Å². The van der Waals surface area contributed by atoms with Crippen molar-refractivity contribution in [1.82, 2.24) is 14.5 Å². The highest BCUT2D eigenvalue weighted by Gasteiger charge is 2.47. The Labute approximate surface area is 165 Å². The first-order chi connectivity index (χ1) is 12.8.